The predicted molar refractivity (Wildman–Crippen MR) is 59.0 cm³/mol. The van der Waals surface area contributed by atoms with E-state index >= 15 is 0 Å². The van der Waals surface area contributed by atoms with Gasteiger partial charge in [0, 0.05) is 11.1 Å². The number of hydrogen-bond donors (Lipinski definition) is 1. The SMILES string of the molecule is O=C1Nc2ccccc2C1c1cscn1. The number of carbonyl (C=O) groups is 1. The summed E-state index contributed by atoms with van der Waals surface area (Å²) in [6.07, 6.45) is 0. The van der Waals surface area contributed by atoms with E-state index in [1.54, 1.807) is 5.51 Å². The Hall–Kier alpha value is -1.68. The summed E-state index contributed by atoms with van der Waals surface area (Å²) in [6, 6.07) is 7.75. The van der Waals surface area contributed by atoms with Crippen LogP contribution in [0, 0.1) is 0 Å². The maximum Gasteiger partial charge on any atom is 0.238 e. The second-order valence-corrected chi connectivity index (χ2v) is 4.14. The van der Waals surface area contributed by atoms with Crippen molar-refractivity contribution in [1.82, 2.24) is 4.98 Å². The molecule has 0 spiro atoms. The second kappa shape index (κ2) is 3.17. The van der Waals surface area contributed by atoms with Crippen molar-refractivity contribution in [2.75, 3.05) is 5.32 Å². The summed E-state index contributed by atoms with van der Waals surface area (Å²) >= 11 is 1.51. The zero-order valence-electron chi connectivity index (χ0n) is 7.81. The van der Waals surface area contributed by atoms with Crippen LogP contribution in [-0.4, -0.2) is 10.9 Å². The van der Waals surface area contributed by atoms with Crippen LogP contribution in [0.5, 0.6) is 0 Å². The van der Waals surface area contributed by atoms with Gasteiger partial charge in [0.05, 0.1) is 11.2 Å². The quantitative estimate of drug-likeness (QED) is 0.794. The number of aromatic nitrogens is 1. The summed E-state index contributed by atoms with van der Waals surface area (Å²) < 4.78 is 0. The average Bonchev–Trinajstić information content (AvgIpc) is 2.82. The first-order valence-corrected chi connectivity index (χ1v) is 5.58. The van der Waals surface area contributed by atoms with Crippen molar-refractivity contribution in [2.24, 2.45) is 0 Å². The molecule has 1 amide bonds. The number of nitrogens with zero attached hydrogens (tertiary/aromatic N) is 1. The fourth-order valence-corrected chi connectivity index (χ4v) is 2.45. The Morgan fingerprint density at radius 3 is 3.00 bits per heavy atom. The summed E-state index contributed by atoms with van der Waals surface area (Å²) in [6.45, 7) is 0. The fraction of sp³-hybridized carbons (Fsp3) is 0.0909. The van der Waals surface area contributed by atoms with Gasteiger partial charge in [-0.3, -0.25) is 4.79 Å². The van der Waals surface area contributed by atoms with Gasteiger partial charge in [-0.05, 0) is 11.6 Å². The van der Waals surface area contributed by atoms with Crippen molar-refractivity contribution >= 4 is 22.9 Å². The van der Waals surface area contributed by atoms with Gasteiger partial charge in [-0.1, -0.05) is 18.2 Å². The lowest BCUT2D eigenvalue weighted by atomic mass is 9.98. The number of carbonyl (C=O) groups excluding carboxylic acids is 1. The van der Waals surface area contributed by atoms with Gasteiger partial charge in [0.2, 0.25) is 5.91 Å². The van der Waals surface area contributed by atoms with E-state index in [2.05, 4.69) is 10.3 Å². The third-order valence-corrected chi connectivity index (χ3v) is 3.14. The zero-order valence-corrected chi connectivity index (χ0v) is 8.62. The van der Waals surface area contributed by atoms with E-state index < -0.39 is 0 Å². The number of nitrogens with one attached hydrogen (secondary N) is 1. The Morgan fingerprint density at radius 2 is 2.20 bits per heavy atom. The second-order valence-electron chi connectivity index (χ2n) is 3.42. The molecule has 1 atom stereocenters. The van der Waals surface area contributed by atoms with Crippen molar-refractivity contribution in [1.29, 1.82) is 0 Å². The molecule has 1 aliphatic heterocycles. The molecule has 15 heavy (non-hydrogen) atoms. The lowest BCUT2D eigenvalue weighted by molar-refractivity contribution is -0.116. The lowest BCUT2D eigenvalue weighted by Crippen LogP contribution is -2.13. The molecule has 1 N–H and O–H groups in total. The summed E-state index contributed by atoms with van der Waals surface area (Å²) in [5.74, 6) is -0.213. The number of rotatable bonds is 1. The third kappa shape index (κ3) is 1.26. The van der Waals surface area contributed by atoms with Crippen LogP contribution in [0.1, 0.15) is 17.2 Å². The van der Waals surface area contributed by atoms with Crippen molar-refractivity contribution < 1.29 is 4.79 Å². The van der Waals surface area contributed by atoms with Gasteiger partial charge in [-0.25, -0.2) is 4.98 Å². The highest BCUT2D eigenvalue weighted by atomic mass is 32.1. The molecule has 4 heteroatoms. The minimum Gasteiger partial charge on any atom is -0.325 e. The van der Waals surface area contributed by atoms with E-state index in [9.17, 15) is 4.79 Å². The summed E-state index contributed by atoms with van der Waals surface area (Å²) in [4.78, 5) is 16.0. The van der Waals surface area contributed by atoms with Crippen LogP contribution < -0.4 is 5.32 Å². The smallest absolute Gasteiger partial charge is 0.238 e. The molecule has 3 nitrogen and oxygen atoms in total. The molecule has 1 unspecified atom stereocenters. The van der Waals surface area contributed by atoms with Gasteiger partial charge in [0.25, 0.3) is 0 Å². The first-order chi connectivity index (χ1) is 7.36. The van der Waals surface area contributed by atoms with E-state index in [4.69, 9.17) is 0 Å². The van der Waals surface area contributed by atoms with E-state index in [0.717, 1.165) is 16.9 Å². The number of anilines is 1. The van der Waals surface area contributed by atoms with Crippen molar-refractivity contribution in [3.63, 3.8) is 0 Å². The third-order valence-electron chi connectivity index (χ3n) is 2.54. The minimum absolute atomic E-state index is 0.0158. The highest BCUT2D eigenvalue weighted by Gasteiger charge is 2.32. The Morgan fingerprint density at radius 1 is 1.33 bits per heavy atom. The molecule has 0 saturated heterocycles. The van der Waals surface area contributed by atoms with Gasteiger partial charge in [0.1, 0.15) is 5.92 Å². The molecular formula is C11H8N2OS. The monoisotopic (exact) mass is 216 g/mol. The van der Waals surface area contributed by atoms with Gasteiger partial charge in [-0.2, -0.15) is 0 Å². The average molecular weight is 216 g/mol. The Kier molecular flexibility index (Phi) is 1.82. The first-order valence-electron chi connectivity index (χ1n) is 4.64. The largest absolute Gasteiger partial charge is 0.325 e. The molecule has 0 radical (unpaired) electrons. The molecule has 1 aromatic carbocycles. The van der Waals surface area contributed by atoms with E-state index in [1.807, 2.05) is 29.6 Å². The number of benzene rings is 1. The van der Waals surface area contributed by atoms with Gasteiger partial charge in [0.15, 0.2) is 0 Å². The van der Waals surface area contributed by atoms with E-state index in [0.29, 0.717) is 0 Å². The Bertz CT molecular complexity index is 507. The zero-order chi connectivity index (χ0) is 10.3. The van der Waals surface area contributed by atoms with E-state index in [1.165, 1.54) is 11.3 Å². The summed E-state index contributed by atoms with van der Waals surface area (Å²) in [7, 11) is 0. The van der Waals surface area contributed by atoms with Crippen LogP contribution in [0.2, 0.25) is 0 Å². The number of amides is 1. The normalized spacial score (nSPS) is 18.7. The molecular weight excluding hydrogens is 208 g/mol. The van der Waals surface area contributed by atoms with Crippen LogP contribution in [0.3, 0.4) is 0 Å². The number of hydrogen-bond acceptors (Lipinski definition) is 3. The number of para-hydroxylation sites is 1. The topological polar surface area (TPSA) is 42.0 Å². The summed E-state index contributed by atoms with van der Waals surface area (Å²) in [5, 5.41) is 4.78. The van der Waals surface area contributed by atoms with Crippen LogP contribution in [0.4, 0.5) is 5.69 Å². The lowest BCUT2D eigenvalue weighted by Gasteiger charge is -2.03. The molecule has 1 aromatic heterocycles. The molecule has 2 aromatic rings. The fourth-order valence-electron chi connectivity index (χ4n) is 1.87. The van der Waals surface area contributed by atoms with Crippen LogP contribution >= 0.6 is 11.3 Å². The molecule has 0 saturated carbocycles. The Balaban J connectivity index is 2.14. The molecule has 0 aliphatic carbocycles. The van der Waals surface area contributed by atoms with Crippen LogP contribution in [0.15, 0.2) is 35.2 Å². The number of thiazole rings is 1. The first kappa shape index (κ1) is 8.61. The molecule has 3 rings (SSSR count). The number of fused-ring (bicyclic) bond motifs is 1. The molecule has 0 fully saturated rings. The summed E-state index contributed by atoms with van der Waals surface area (Å²) in [5.41, 5.74) is 4.51. The highest BCUT2D eigenvalue weighted by Crippen LogP contribution is 2.36. The molecule has 1 aliphatic rings. The van der Waals surface area contributed by atoms with Crippen molar-refractivity contribution in [3.05, 3.63) is 46.4 Å². The molecule has 74 valence electrons. The molecule has 2 heterocycles. The van der Waals surface area contributed by atoms with Gasteiger partial charge in [-0.15, -0.1) is 11.3 Å². The molecule has 0 bridgehead atoms. The highest BCUT2D eigenvalue weighted by molar-refractivity contribution is 7.07. The van der Waals surface area contributed by atoms with Crippen molar-refractivity contribution in [3.8, 4) is 0 Å². The maximum atomic E-state index is 11.8. The predicted octanol–water partition coefficient (Wildman–Crippen LogP) is 2.23. The Labute approximate surface area is 90.8 Å². The van der Waals surface area contributed by atoms with E-state index in [-0.39, 0.29) is 11.8 Å². The standard InChI is InChI=1S/C11H8N2OS/c14-11-10(9-5-15-6-12-9)7-3-1-2-4-8(7)13-11/h1-6,10H,(H,13,14). The van der Waals surface area contributed by atoms with Crippen LogP contribution in [-0.2, 0) is 4.79 Å². The van der Waals surface area contributed by atoms with Crippen molar-refractivity contribution in [2.45, 2.75) is 5.92 Å². The maximum absolute atomic E-state index is 11.8. The van der Waals surface area contributed by atoms with Gasteiger partial charge >= 0.3 is 0 Å². The van der Waals surface area contributed by atoms with Gasteiger partial charge < -0.3 is 5.32 Å². The van der Waals surface area contributed by atoms with Crippen LogP contribution in [0.25, 0.3) is 0 Å². The minimum atomic E-state index is -0.229.